The van der Waals surface area contributed by atoms with Crippen molar-refractivity contribution in [2.24, 2.45) is 0 Å². The molecule has 0 unspecified atom stereocenters. The van der Waals surface area contributed by atoms with Gasteiger partial charge in [0.15, 0.2) is 0 Å². The maximum atomic E-state index is 13.2. The third kappa shape index (κ3) is 4.55. The molecule has 1 aromatic carbocycles. The van der Waals surface area contributed by atoms with Gasteiger partial charge < -0.3 is 14.4 Å². The molecular weight excluding hydrogens is 301 g/mol. The first-order chi connectivity index (χ1) is 8.72. The van der Waals surface area contributed by atoms with Crippen LogP contribution in [0.4, 0.5) is 10.1 Å². The van der Waals surface area contributed by atoms with Gasteiger partial charge in [0, 0.05) is 38.3 Å². The Labute approximate surface area is 116 Å². The highest BCUT2D eigenvalue weighted by Gasteiger charge is 2.11. The molecule has 0 aromatic heterocycles. The van der Waals surface area contributed by atoms with E-state index in [0.29, 0.717) is 18.5 Å². The van der Waals surface area contributed by atoms with Gasteiger partial charge in [-0.3, -0.25) is 0 Å². The van der Waals surface area contributed by atoms with Crippen LogP contribution >= 0.6 is 15.9 Å². The van der Waals surface area contributed by atoms with Gasteiger partial charge in [0.25, 0.3) is 0 Å². The zero-order valence-electron chi connectivity index (χ0n) is 10.8. The molecular formula is C13H19BrFNO2. The summed E-state index contributed by atoms with van der Waals surface area (Å²) in [7, 11) is 3.34. The zero-order chi connectivity index (χ0) is 13.4. The molecule has 1 rings (SSSR count). The first-order valence-corrected chi connectivity index (χ1v) is 6.92. The van der Waals surface area contributed by atoms with E-state index in [9.17, 15) is 4.39 Å². The summed E-state index contributed by atoms with van der Waals surface area (Å²) in [5.41, 5.74) is 1.95. The molecule has 0 aliphatic carbocycles. The molecule has 0 spiro atoms. The summed E-state index contributed by atoms with van der Waals surface area (Å²) in [6.07, 6.45) is 0. The predicted octanol–water partition coefficient (Wildman–Crippen LogP) is 2.82. The van der Waals surface area contributed by atoms with E-state index in [0.717, 1.165) is 24.3 Å². The van der Waals surface area contributed by atoms with Crippen molar-refractivity contribution >= 4 is 21.6 Å². The number of anilines is 1. The molecule has 102 valence electrons. The first kappa shape index (κ1) is 15.4. The van der Waals surface area contributed by atoms with Crippen molar-refractivity contribution in [3.63, 3.8) is 0 Å². The van der Waals surface area contributed by atoms with Crippen LogP contribution in [0.15, 0.2) is 18.2 Å². The van der Waals surface area contributed by atoms with E-state index in [1.807, 2.05) is 0 Å². The number of hydrogen-bond donors (Lipinski definition) is 0. The molecule has 0 N–H and O–H groups in total. The number of hydrogen-bond acceptors (Lipinski definition) is 3. The van der Waals surface area contributed by atoms with Crippen molar-refractivity contribution in [2.75, 3.05) is 45.4 Å². The number of benzene rings is 1. The Kier molecular flexibility index (Phi) is 7.23. The van der Waals surface area contributed by atoms with Crippen molar-refractivity contribution in [2.45, 2.75) is 5.33 Å². The SMILES string of the molecule is COCCN(CCOC)c1ccc(F)cc1CBr. The fourth-order valence-corrected chi connectivity index (χ4v) is 2.17. The average molecular weight is 320 g/mol. The van der Waals surface area contributed by atoms with Crippen LogP contribution in [0.5, 0.6) is 0 Å². The highest BCUT2D eigenvalue weighted by Crippen LogP contribution is 2.23. The van der Waals surface area contributed by atoms with E-state index in [1.165, 1.54) is 6.07 Å². The fourth-order valence-electron chi connectivity index (χ4n) is 1.73. The summed E-state index contributed by atoms with van der Waals surface area (Å²) >= 11 is 3.39. The van der Waals surface area contributed by atoms with Crippen LogP contribution in [-0.4, -0.2) is 40.5 Å². The normalized spacial score (nSPS) is 10.7. The second-order valence-corrected chi connectivity index (χ2v) is 4.44. The van der Waals surface area contributed by atoms with Gasteiger partial charge in [-0.1, -0.05) is 15.9 Å². The van der Waals surface area contributed by atoms with E-state index >= 15 is 0 Å². The molecule has 0 bridgehead atoms. The van der Waals surface area contributed by atoms with Crippen LogP contribution in [0.2, 0.25) is 0 Å². The quantitative estimate of drug-likeness (QED) is 0.688. The molecule has 0 saturated heterocycles. The molecule has 0 atom stereocenters. The van der Waals surface area contributed by atoms with Crippen LogP contribution < -0.4 is 4.90 Å². The monoisotopic (exact) mass is 319 g/mol. The number of rotatable bonds is 8. The minimum absolute atomic E-state index is 0.216. The van der Waals surface area contributed by atoms with Gasteiger partial charge in [-0.15, -0.1) is 0 Å². The lowest BCUT2D eigenvalue weighted by Crippen LogP contribution is -2.31. The van der Waals surface area contributed by atoms with Crippen LogP contribution in [0, 0.1) is 5.82 Å². The third-order valence-corrected chi connectivity index (χ3v) is 3.26. The second kappa shape index (κ2) is 8.45. The minimum atomic E-state index is -0.216. The van der Waals surface area contributed by atoms with Crippen molar-refractivity contribution in [1.82, 2.24) is 0 Å². The summed E-state index contributed by atoms with van der Waals surface area (Å²) in [6.45, 7) is 2.77. The molecule has 0 amide bonds. The lowest BCUT2D eigenvalue weighted by molar-refractivity contribution is 0.190. The summed E-state index contributed by atoms with van der Waals surface area (Å²) in [6, 6.07) is 4.84. The molecule has 0 aliphatic rings. The Bertz CT molecular complexity index is 355. The summed E-state index contributed by atoms with van der Waals surface area (Å²) < 4.78 is 23.4. The van der Waals surface area contributed by atoms with Crippen molar-refractivity contribution in [3.8, 4) is 0 Å². The topological polar surface area (TPSA) is 21.7 Å². The maximum absolute atomic E-state index is 13.2. The fraction of sp³-hybridized carbons (Fsp3) is 0.538. The van der Waals surface area contributed by atoms with E-state index < -0.39 is 0 Å². The Hall–Kier alpha value is -0.650. The lowest BCUT2D eigenvalue weighted by atomic mass is 10.1. The maximum Gasteiger partial charge on any atom is 0.123 e. The standard InChI is InChI=1S/C13H19BrFNO2/c1-17-7-5-16(6-8-18-2)13-4-3-12(15)9-11(13)10-14/h3-4,9H,5-8,10H2,1-2H3. The molecule has 1 aromatic rings. The van der Waals surface area contributed by atoms with Crippen molar-refractivity contribution in [3.05, 3.63) is 29.6 Å². The predicted molar refractivity (Wildman–Crippen MR) is 75.0 cm³/mol. The molecule has 18 heavy (non-hydrogen) atoms. The summed E-state index contributed by atoms with van der Waals surface area (Å²) in [5.74, 6) is -0.216. The Morgan fingerprint density at radius 3 is 2.28 bits per heavy atom. The van der Waals surface area contributed by atoms with E-state index in [-0.39, 0.29) is 5.82 Å². The first-order valence-electron chi connectivity index (χ1n) is 5.80. The number of halogens is 2. The van der Waals surface area contributed by atoms with Crippen LogP contribution in [0.3, 0.4) is 0 Å². The number of alkyl halides is 1. The van der Waals surface area contributed by atoms with E-state index in [1.54, 1.807) is 26.4 Å². The molecule has 0 saturated carbocycles. The van der Waals surface area contributed by atoms with Gasteiger partial charge in [0.1, 0.15) is 5.82 Å². The van der Waals surface area contributed by atoms with Gasteiger partial charge in [0.05, 0.1) is 13.2 Å². The van der Waals surface area contributed by atoms with Crippen LogP contribution in [0.25, 0.3) is 0 Å². The minimum Gasteiger partial charge on any atom is -0.383 e. The smallest absolute Gasteiger partial charge is 0.123 e. The molecule has 0 fully saturated rings. The van der Waals surface area contributed by atoms with E-state index in [2.05, 4.69) is 20.8 Å². The van der Waals surface area contributed by atoms with E-state index in [4.69, 9.17) is 9.47 Å². The molecule has 5 heteroatoms. The van der Waals surface area contributed by atoms with Crippen LogP contribution in [0.1, 0.15) is 5.56 Å². The van der Waals surface area contributed by atoms with Gasteiger partial charge >= 0.3 is 0 Å². The van der Waals surface area contributed by atoms with Crippen molar-refractivity contribution in [1.29, 1.82) is 0 Å². The zero-order valence-corrected chi connectivity index (χ0v) is 12.4. The third-order valence-electron chi connectivity index (χ3n) is 2.66. The van der Waals surface area contributed by atoms with Gasteiger partial charge in [-0.2, -0.15) is 0 Å². The number of ether oxygens (including phenoxy) is 2. The molecule has 0 radical (unpaired) electrons. The largest absolute Gasteiger partial charge is 0.383 e. The number of nitrogens with zero attached hydrogens (tertiary/aromatic N) is 1. The Morgan fingerprint density at radius 2 is 1.78 bits per heavy atom. The highest BCUT2D eigenvalue weighted by molar-refractivity contribution is 9.08. The van der Waals surface area contributed by atoms with Gasteiger partial charge in [-0.25, -0.2) is 4.39 Å². The lowest BCUT2D eigenvalue weighted by Gasteiger charge is -2.26. The summed E-state index contributed by atoms with van der Waals surface area (Å²) in [4.78, 5) is 2.14. The molecule has 0 aliphatic heterocycles. The Balaban J connectivity index is 2.88. The van der Waals surface area contributed by atoms with Crippen molar-refractivity contribution < 1.29 is 13.9 Å². The summed E-state index contributed by atoms with van der Waals surface area (Å²) in [5, 5.41) is 0.622. The van der Waals surface area contributed by atoms with Gasteiger partial charge in [-0.05, 0) is 23.8 Å². The highest BCUT2D eigenvalue weighted by atomic mass is 79.9. The van der Waals surface area contributed by atoms with Crippen LogP contribution in [-0.2, 0) is 14.8 Å². The van der Waals surface area contributed by atoms with Gasteiger partial charge in [0.2, 0.25) is 0 Å². The average Bonchev–Trinajstić information content (AvgIpc) is 2.39. The number of methoxy groups -OCH3 is 2. The molecule has 0 heterocycles. The second-order valence-electron chi connectivity index (χ2n) is 3.88. The molecule has 3 nitrogen and oxygen atoms in total. The Morgan fingerprint density at radius 1 is 1.17 bits per heavy atom.